The van der Waals surface area contributed by atoms with E-state index >= 15 is 0 Å². The van der Waals surface area contributed by atoms with Crippen LogP contribution in [-0.4, -0.2) is 15.5 Å². The third-order valence-electron chi connectivity index (χ3n) is 4.07. The lowest BCUT2D eigenvalue weighted by molar-refractivity contribution is -0.121. The summed E-state index contributed by atoms with van der Waals surface area (Å²) in [7, 11) is 0. The maximum atomic E-state index is 12.9. The summed E-state index contributed by atoms with van der Waals surface area (Å²) < 4.78 is 15.7. The molecule has 1 N–H and O–H groups in total. The van der Waals surface area contributed by atoms with E-state index < -0.39 is 0 Å². The lowest BCUT2D eigenvalue weighted by atomic mass is 10.2. The van der Waals surface area contributed by atoms with Gasteiger partial charge in [0.15, 0.2) is 0 Å². The van der Waals surface area contributed by atoms with Crippen molar-refractivity contribution in [3.05, 3.63) is 76.6 Å². The van der Waals surface area contributed by atoms with E-state index in [0.29, 0.717) is 10.2 Å². The van der Waals surface area contributed by atoms with Gasteiger partial charge >= 0.3 is 0 Å². The SMILES string of the molecule is O=C(Cn1cnc2c(sc3ccccc32)c1=O)NCc1ccc(F)cc1. The number of aromatic nitrogens is 2. The number of carbonyl (C=O) groups is 1. The minimum Gasteiger partial charge on any atom is -0.350 e. The number of hydrogen-bond donors (Lipinski definition) is 1. The molecule has 0 unspecified atom stereocenters. The van der Waals surface area contributed by atoms with Gasteiger partial charge in [0, 0.05) is 16.6 Å². The molecule has 7 heteroatoms. The Morgan fingerprint density at radius 2 is 1.92 bits per heavy atom. The number of nitrogens with one attached hydrogen (secondary N) is 1. The number of rotatable bonds is 4. The van der Waals surface area contributed by atoms with Crippen molar-refractivity contribution in [1.82, 2.24) is 14.9 Å². The quantitative estimate of drug-likeness (QED) is 0.603. The predicted molar refractivity (Wildman–Crippen MR) is 99.6 cm³/mol. The Hall–Kier alpha value is -3.06. The molecule has 2 aromatic heterocycles. The van der Waals surface area contributed by atoms with Crippen LogP contribution in [0.25, 0.3) is 20.3 Å². The largest absolute Gasteiger partial charge is 0.350 e. The molecular formula is C19H14FN3O2S. The van der Waals surface area contributed by atoms with E-state index in [1.165, 1.54) is 34.4 Å². The first-order chi connectivity index (χ1) is 12.6. The summed E-state index contributed by atoms with van der Waals surface area (Å²) in [5.41, 5.74) is 1.22. The van der Waals surface area contributed by atoms with E-state index in [9.17, 15) is 14.0 Å². The van der Waals surface area contributed by atoms with Crippen molar-refractivity contribution in [3.8, 4) is 0 Å². The predicted octanol–water partition coefficient (Wildman–Crippen LogP) is 3.07. The molecule has 130 valence electrons. The number of fused-ring (bicyclic) bond motifs is 3. The van der Waals surface area contributed by atoms with Crippen molar-refractivity contribution in [2.24, 2.45) is 0 Å². The standard InChI is InChI=1S/C19H14FN3O2S/c20-13-7-5-12(6-8-13)9-21-16(24)10-23-11-22-17-14-3-1-2-4-15(14)26-18(17)19(23)25/h1-8,11H,9-10H2,(H,21,24). The molecule has 2 heterocycles. The summed E-state index contributed by atoms with van der Waals surface area (Å²) in [6.07, 6.45) is 1.40. The number of thiophene rings is 1. The van der Waals surface area contributed by atoms with Gasteiger partial charge in [-0.1, -0.05) is 30.3 Å². The van der Waals surface area contributed by atoms with Gasteiger partial charge in [-0.15, -0.1) is 11.3 Å². The van der Waals surface area contributed by atoms with Crippen LogP contribution in [0.1, 0.15) is 5.56 Å². The second kappa shape index (κ2) is 6.68. The van der Waals surface area contributed by atoms with Crippen LogP contribution in [0.4, 0.5) is 4.39 Å². The molecular weight excluding hydrogens is 353 g/mol. The van der Waals surface area contributed by atoms with Crippen molar-refractivity contribution in [3.63, 3.8) is 0 Å². The Bertz CT molecular complexity index is 1170. The third kappa shape index (κ3) is 3.09. The van der Waals surface area contributed by atoms with Crippen LogP contribution in [0.5, 0.6) is 0 Å². The lowest BCUT2D eigenvalue weighted by Gasteiger charge is -2.07. The molecule has 0 spiro atoms. The van der Waals surface area contributed by atoms with E-state index in [1.807, 2.05) is 24.3 Å². The molecule has 0 bridgehead atoms. The monoisotopic (exact) mass is 367 g/mol. The molecule has 0 aliphatic carbocycles. The van der Waals surface area contributed by atoms with E-state index in [-0.39, 0.29) is 30.4 Å². The fourth-order valence-corrected chi connectivity index (χ4v) is 3.85. The van der Waals surface area contributed by atoms with Gasteiger partial charge in [-0.3, -0.25) is 14.2 Å². The Morgan fingerprint density at radius 3 is 2.73 bits per heavy atom. The van der Waals surface area contributed by atoms with Crippen LogP contribution in [0, 0.1) is 5.82 Å². The summed E-state index contributed by atoms with van der Waals surface area (Å²) in [6, 6.07) is 13.6. The third-order valence-corrected chi connectivity index (χ3v) is 5.22. The molecule has 0 saturated heterocycles. The maximum absolute atomic E-state index is 12.9. The fourth-order valence-electron chi connectivity index (χ4n) is 2.74. The molecule has 5 nitrogen and oxygen atoms in total. The minimum absolute atomic E-state index is 0.114. The second-order valence-electron chi connectivity index (χ2n) is 5.86. The molecule has 4 aromatic rings. The Balaban J connectivity index is 1.54. The van der Waals surface area contributed by atoms with E-state index in [4.69, 9.17) is 0 Å². The van der Waals surface area contributed by atoms with Crippen LogP contribution in [0.15, 0.2) is 59.7 Å². The van der Waals surface area contributed by atoms with Crippen LogP contribution in [0.3, 0.4) is 0 Å². The highest BCUT2D eigenvalue weighted by Gasteiger charge is 2.12. The molecule has 0 fully saturated rings. The lowest BCUT2D eigenvalue weighted by Crippen LogP contribution is -2.31. The summed E-state index contributed by atoms with van der Waals surface area (Å²) in [6.45, 7) is 0.156. The Morgan fingerprint density at radius 1 is 1.15 bits per heavy atom. The molecule has 2 aromatic carbocycles. The van der Waals surface area contributed by atoms with E-state index in [1.54, 1.807) is 12.1 Å². The van der Waals surface area contributed by atoms with Crippen LogP contribution < -0.4 is 10.9 Å². The summed E-state index contributed by atoms with van der Waals surface area (Å²) >= 11 is 1.38. The number of benzene rings is 2. The molecule has 26 heavy (non-hydrogen) atoms. The van der Waals surface area contributed by atoms with Gasteiger partial charge in [-0.25, -0.2) is 9.37 Å². The molecule has 0 aliphatic heterocycles. The van der Waals surface area contributed by atoms with Crippen LogP contribution >= 0.6 is 11.3 Å². The highest BCUT2D eigenvalue weighted by atomic mass is 32.1. The van der Waals surface area contributed by atoms with Crippen molar-refractivity contribution < 1.29 is 9.18 Å². The van der Waals surface area contributed by atoms with Gasteiger partial charge in [0.25, 0.3) is 5.56 Å². The number of carbonyl (C=O) groups excluding carboxylic acids is 1. The van der Waals surface area contributed by atoms with Gasteiger partial charge in [-0.05, 0) is 23.8 Å². The molecule has 0 aliphatic rings. The number of amides is 1. The fraction of sp³-hybridized carbons (Fsp3) is 0.105. The van der Waals surface area contributed by atoms with Gasteiger partial charge in [0.2, 0.25) is 5.91 Å². The zero-order chi connectivity index (χ0) is 18.1. The molecule has 0 saturated carbocycles. The smallest absolute Gasteiger partial charge is 0.271 e. The first-order valence-electron chi connectivity index (χ1n) is 7.99. The van der Waals surface area contributed by atoms with Crippen LogP contribution in [-0.2, 0) is 17.9 Å². The molecule has 4 rings (SSSR count). The van der Waals surface area contributed by atoms with Gasteiger partial charge in [0.1, 0.15) is 17.1 Å². The van der Waals surface area contributed by atoms with E-state index in [0.717, 1.165) is 15.6 Å². The van der Waals surface area contributed by atoms with Crippen molar-refractivity contribution in [2.45, 2.75) is 13.1 Å². The Labute approximate surface area is 151 Å². The van der Waals surface area contributed by atoms with E-state index in [2.05, 4.69) is 10.3 Å². The van der Waals surface area contributed by atoms with Gasteiger partial charge in [0.05, 0.1) is 11.8 Å². The summed E-state index contributed by atoms with van der Waals surface area (Å²) in [5, 5.41) is 3.67. The normalized spacial score (nSPS) is 11.1. The van der Waals surface area contributed by atoms with Crippen molar-refractivity contribution >= 4 is 37.5 Å². The van der Waals surface area contributed by atoms with Gasteiger partial charge in [-0.2, -0.15) is 0 Å². The molecule has 1 amide bonds. The maximum Gasteiger partial charge on any atom is 0.271 e. The van der Waals surface area contributed by atoms with Gasteiger partial charge < -0.3 is 5.32 Å². The number of nitrogens with zero attached hydrogens (tertiary/aromatic N) is 2. The first-order valence-corrected chi connectivity index (χ1v) is 8.81. The van der Waals surface area contributed by atoms with Crippen molar-refractivity contribution in [2.75, 3.05) is 0 Å². The second-order valence-corrected chi connectivity index (χ2v) is 6.91. The highest BCUT2D eigenvalue weighted by molar-refractivity contribution is 7.25. The summed E-state index contributed by atoms with van der Waals surface area (Å²) in [4.78, 5) is 29.2. The average Bonchev–Trinajstić information content (AvgIpc) is 3.03. The molecule has 0 radical (unpaired) electrons. The molecule has 0 atom stereocenters. The topological polar surface area (TPSA) is 64.0 Å². The summed E-state index contributed by atoms with van der Waals surface area (Å²) in [5.74, 6) is -0.631. The van der Waals surface area contributed by atoms with Crippen LogP contribution in [0.2, 0.25) is 0 Å². The van der Waals surface area contributed by atoms with Crippen molar-refractivity contribution in [1.29, 1.82) is 0 Å². The highest BCUT2D eigenvalue weighted by Crippen LogP contribution is 2.29. The Kier molecular flexibility index (Phi) is 4.22. The average molecular weight is 367 g/mol. The zero-order valence-corrected chi connectivity index (χ0v) is 14.4. The first kappa shape index (κ1) is 16.4. The number of hydrogen-bond acceptors (Lipinski definition) is 4. The minimum atomic E-state index is -0.325. The zero-order valence-electron chi connectivity index (χ0n) is 13.6. The number of halogens is 1.